The van der Waals surface area contributed by atoms with Crippen LogP contribution in [-0.2, 0) is 11.3 Å². The van der Waals surface area contributed by atoms with Crippen molar-refractivity contribution >= 4 is 39.8 Å². The topological polar surface area (TPSA) is 129 Å². The fourth-order valence-electron chi connectivity index (χ4n) is 5.02. The van der Waals surface area contributed by atoms with Crippen molar-refractivity contribution in [2.24, 2.45) is 0 Å². The largest absolute Gasteiger partial charge is 0.441 e. The summed E-state index contributed by atoms with van der Waals surface area (Å²) in [6.45, 7) is 6.49. The quantitative estimate of drug-likeness (QED) is 0.262. The molecular weight excluding hydrogens is 513 g/mol. The van der Waals surface area contributed by atoms with Gasteiger partial charge < -0.3 is 20.0 Å². The van der Waals surface area contributed by atoms with Crippen LogP contribution in [-0.4, -0.2) is 56.0 Å². The Morgan fingerprint density at radius 2 is 2.12 bits per heavy atom. The summed E-state index contributed by atoms with van der Waals surface area (Å²) >= 11 is 0. The Labute approximate surface area is 228 Å². The summed E-state index contributed by atoms with van der Waals surface area (Å²) in [7, 11) is 0. The molecule has 0 saturated carbocycles. The maximum Gasteiger partial charge on any atom is 0.251 e. The van der Waals surface area contributed by atoms with Crippen LogP contribution in [0.25, 0.3) is 33.3 Å². The van der Waals surface area contributed by atoms with Gasteiger partial charge in [-0.2, -0.15) is 5.10 Å². The molecule has 0 spiro atoms. The van der Waals surface area contributed by atoms with Crippen molar-refractivity contribution in [3.8, 4) is 11.1 Å². The number of anilines is 1. The van der Waals surface area contributed by atoms with Gasteiger partial charge in [-0.1, -0.05) is 18.7 Å². The van der Waals surface area contributed by atoms with Crippen LogP contribution in [0.3, 0.4) is 0 Å². The number of H-pyrrole nitrogens is 1. The van der Waals surface area contributed by atoms with Gasteiger partial charge in [-0.25, -0.2) is 14.4 Å². The zero-order valence-electron chi connectivity index (χ0n) is 21.7. The molecule has 1 saturated heterocycles. The summed E-state index contributed by atoms with van der Waals surface area (Å²) < 4.78 is 20.7. The molecule has 3 N–H and O–H groups in total. The van der Waals surface area contributed by atoms with Gasteiger partial charge in [0.15, 0.2) is 22.9 Å². The number of halogens is 1. The highest BCUT2D eigenvalue weighted by Gasteiger charge is 2.26. The van der Waals surface area contributed by atoms with Crippen molar-refractivity contribution in [2.45, 2.75) is 25.9 Å². The summed E-state index contributed by atoms with van der Waals surface area (Å²) in [4.78, 5) is 35.0. The van der Waals surface area contributed by atoms with Crippen LogP contribution in [0.2, 0.25) is 0 Å². The molecule has 0 aliphatic carbocycles. The molecule has 5 aromatic rings. The van der Waals surface area contributed by atoms with E-state index in [0.717, 1.165) is 17.4 Å². The van der Waals surface area contributed by atoms with Crippen LogP contribution in [0.15, 0.2) is 65.7 Å². The van der Waals surface area contributed by atoms with Crippen LogP contribution in [0.4, 0.5) is 10.2 Å². The first-order chi connectivity index (χ1) is 19.4. The average Bonchev–Trinajstić information content (AvgIpc) is 3.69. The molecule has 2 amide bonds. The Bertz CT molecular complexity index is 1780. The van der Waals surface area contributed by atoms with Gasteiger partial charge in [-0.05, 0) is 54.0 Å². The van der Waals surface area contributed by atoms with Crippen molar-refractivity contribution < 1.29 is 18.4 Å². The molecule has 10 nitrogen and oxygen atoms in total. The molecular formula is C29H26FN7O3. The lowest BCUT2D eigenvalue weighted by atomic mass is 10.0. The molecule has 4 heterocycles. The Kier molecular flexibility index (Phi) is 6.47. The minimum atomic E-state index is -0.447. The number of fused-ring (bicyclic) bond motifs is 2. The summed E-state index contributed by atoms with van der Waals surface area (Å²) in [5.41, 5.74) is 3.92. The predicted octanol–water partition coefficient (Wildman–Crippen LogP) is 4.34. The third-order valence-electron chi connectivity index (χ3n) is 7.04. The SMILES string of the molecule is C=CC(=O)N1CCC(Nc2n[nH]c3nccc(-c4ccc(CNC(=O)c5ccc6oc(C)nc6c5)c(F)c4)c23)C1. The molecule has 0 bridgehead atoms. The number of hydrogen-bond donors (Lipinski definition) is 3. The van der Waals surface area contributed by atoms with Crippen molar-refractivity contribution in [1.29, 1.82) is 0 Å². The number of pyridine rings is 1. The molecule has 3 aromatic heterocycles. The lowest BCUT2D eigenvalue weighted by Crippen LogP contribution is -2.30. The average molecular weight is 540 g/mol. The van der Waals surface area contributed by atoms with E-state index in [1.807, 2.05) is 6.07 Å². The van der Waals surface area contributed by atoms with E-state index in [9.17, 15) is 9.59 Å². The number of nitrogens with zero attached hydrogens (tertiary/aromatic N) is 4. The number of aromatic nitrogens is 4. The molecule has 202 valence electrons. The van der Waals surface area contributed by atoms with Crippen LogP contribution in [0.1, 0.15) is 28.2 Å². The molecule has 40 heavy (non-hydrogen) atoms. The van der Waals surface area contributed by atoms with Gasteiger partial charge in [-0.15, -0.1) is 0 Å². The Morgan fingerprint density at radius 3 is 2.95 bits per heavy atom. The molecule has 1 aliphatic rings. The summed E-state index contributed by atoms with van der Waals surface area (Å²) in [6, 6.07) is 11.7. The molecule has 1 fully saturated rings. The maximum absolute atomic E-state index is 15.2. The van der Waals surface area contributed by atoms with E-state index in [-0.39, 0.29) is 24.4 Å². The zero-order chi connectivity index (χ0) is 27.8. The molecule has 6 rings (SSSR count). The van der Waals surface area contributed by atoms with E-state index < -0.39 is 5.82 Å². The van der Waals surface area contributed by atoms with E-state index in [2.05, 4.69) is 37.4 Å². The number of likely N-dealkylation sites (tertiary alicyclic amines) is 1. The molecule has 1 aliphatic heterocycles. The zero-order valence-corrected chi connectivity index (χ0v) is 21.7. The number of nitrogens with one attached hydrogen (secondary N) is 3. The lowest BCUT2D eigenvalue weighted by molar-refractivity contribution is -0.125. The van der Waals surface area contributed by atoms with Crippen molar-refractivity contribution in [3.63, 3.8) is 0 Å². The Balaban J connectivity index is 1.19. The number of amides is 2. The van der Waals surface area contributed by atoms with Crippen LogP contribution >= 0.6 is 0 Å². The van der Waals surface area contributed by atoms with Crippen LogP contribution in [0, 0.1) is 12.7 Å². The number of aromatic amines is 1. The number of hydrogen-bond acceptors (Lipinski definition) is 7. The minimum Gasteiger partial charge on any atom is -0.441 e. The van der Waals surface area contributed by atoms with Gasteiger partial charge in [0.2, 0.25) is 5.91 Å². The third-order valence-corrected chi connectivity index (χ3v) is 7.04. The van der Waals surface area contributed by atoms with E-state index in [1.54, 1.807) is 48.4 Å². The first-order valence-corrected chi connectivity index (χ1v) is 12.8. The van der Waals surface area contributed by atoms with Crippen LogP contribution in [0.5, 0.6) is 0 Å². The van der Waals surface area contributed by atoms with E-state index >= 15 is 4.39 Å². The summed E-state index contributed by atoms with van der Waals surface area (Å²) in [5.74, 6) is 0.224. The standard InChI is InChI=1S/C29H26FN7O3/c1-3-25(38)37-11-9-20(15-37)34-28-26-21(8-10-31-27(26)35-36-28)17-4-5-19(22(30)12-17)14-32-29(39)18-6-7-24-23(13-18)33-16(2)40-24/h3-8,10,12-13,20H,1,9,11,14-15H2,2H3,(H,32,39)(H2,31,34,35,36). The number of benzene rings is 2. The van der Waals surface area contributed by atoms with Crippen molar-refractivity contribution in [1.82, 2.24) is 30.4 Å². The van der Waals surface area contributed by atoms with Crippen molar-refractivity contribution in [2.75, 3.05) is 18.4 Å². The van der Waals surface area contributed by atoms with Gasteiger partial charge in [0, 0.05) is 49.9 Å². The fourth-order valence-corrected chi connectivity index (χ4v) is 5.02. The number of aryl methyl sites for hydroxylation is 1. The monoisotopic (exact) mass is 539 g/mol. The molecule has 11 heteroatoms. The van der Waals surface area contributed by atoms with E-state index in [0.29, 0.717) is 58.2 Å². The maximum atomic E-state index is 15.2. The first-order valence-electron chi connectivity index (χ1n) is 12.8. The smallest absolute Gasteiger partial charge is 0.251 e. The predicted molar refractivity (Wildman–Crippen MR) is 148 cm³/mol. The third kappa shape index (κ3) is 4.77. The number of carbonyl (C=O) groups excluding carboxylic acids is 2. The minimum absolute atomic E-state index is 0.0141. The highest BCUT2D eigenvalue weighted by molar-refractivity contribution is 6.00. The van der Waals surface area contributed by atoms with Gasteiger partial charge in [-0.3, -0.25) is 14.7 Å². The Morgan fingerprint density at radius 1 is 1.25 bits per heavy atom. The first kappa shape index (κ1) is 25.2. The molecule has 1 unspecified atom stereocenters. The Hall–Kier alpha value is -5.06. The van der Waals surface area contributed by atoms with E-state index in [4.69, 9.17) is 4.42 Å². The second-order valence-electron chi connectivity index (χ2n) is 9.68. The van der Waals surface area contributed by atoms with Gasteiger partial charge in [0.25, 0.3) is 5.91 Å². The van der Waals surface area contributed by atoms with Crippen LogP contribution < -0.4 is 10.6 Å². The molecule has 2 aromatic carbocycles. The highest BCUT2D eigenvalue weighted by Crippen LogP contribution is 2.33. The van der Waals surface area contributed by atoms with Gasteiger partial charge in [0.1, 0.15) is 11.3 Å². The van der Waals surface area contributed by atoms with E-state index in [1.165, 1.54) is 12.1 Å². The highest BCUT2D eigenvalue weighted by atomic mass is 19.1. The fraction of sp³-hybridized carbons (Fsp3) is 0.207. The normalized spacial score (nSPS) is 15.1. The lowest BCUT2D eigenvalue weighted by Gasteiger charge is -2.15. The van der Waals surface area contributed by atoms with Gasteiger partial charge >= 0.3 is 0 Å². The number of rotatable bonds is 7. The second-order valence-corrected chi connectivity index (χ2v) is 9.68. The second kappa shape index (κ2) is 10.3. The molecule has 1 atom stereocenters. The molecule has 0 radical (unpaired) electrons. The van der Waals surface area contributed by atoms with Gasteiger partial charge in [0.05, 0.1) is 5.39 Å². The number of carbonyl (C=O) groups is 2. The summed E-state index contributed by atoms with van der Waals surface area (Å²) in [5, 5.41) is 14.2. The van der Waals surface area contributed by atoms with Crippen molar-refractivity contribution in [3.05, 3.63) is 84.2 Å². The summed E-state index contributed by atoms with van der Waals surface area (Å²) in [6.07, 6.45) is 3.72. The number of oxazole rings is 1.